The van der Waals surface area contributed by atoms with Crippen LogP contribution in [0, 0.1) is 0 Å². The summed E-state index contributed by atoms with van der Waals surface area (Å²) in [5.74, 6) is 0.644. The molecule has 0 radical (unpaired) electrons. The average molecular weight is 328 g/mol. The molecule has 0 aromatic heterocycles. The van der Waals surface area contributed by atoms with E-state index in [9.17, 15) is 4.79 Å². The smallest absolute Gasteiger partial charge is 0.306 e. The van der Waals surface area contributed by atoms with Gasteiger partial charge in [-0.25, -0.2) is 0 Å². The van der Waals surface area contributed by atoms with Crippen molar-refractivity contribution in [2.45, 2.75) is 25.5 Å². The van der Waals surface area contributed by atoms with Gasteiger partial charge in [-0.05, 0) is 6.07 Å². The Morgan fingerprint density at radius 2 is 2.05 bits per heavy atom. The van der Waals surface area contributed by atoms with Crippen molar-refractivity contribution in [1.29, 1.82) is 0 Å². The number of para-hydroxylation sites is 1. The highest BCUT2D eigenvalue weighted by Gasteiger charge is 2.37. The van der Waals surface area contributed by atoms with Crippen LogP contribution < -0.4 is 4.74 Å². The molecule has 6 heteroatoms. The number of hydrogen-bond acceptors (Lipinski definition) is 5. The van der Waals surface area contributed by atoms with Crippen LogP contribution in [0.5, 0.6) is 5.75 Å². The zero-order chi connectivity index (χ0) is 14.7. The number of fused-ring (bicyclic) bond motifs is 1. The SMILES string of the molecule is CCC(=O)OC1c2ccccc2OCC1N1CCOCC1.Cl. The first-order chi connectivity index (χ1) is 10.3. The highest BCUT2D eigenvalue weighted by atomic mass is 35.5. The molecule has 0 bridgehead atoms. The third-order valence-electron chi connectivity index (χ3n) is 4.05. The van der Waals surface area contributed by atoms with Crippen LogP contribution in [0.3, 0.4) is 0 Å². The number of morpholine rings is 1. The van der Waals surface area contributed by atoms with E-state index in [0.717, 1.165) is 24.4 Å². The molecule has 2 aliphatic rings. The van der Waals surface area contributed by atoms with Crippen molar-refractivity contribution in [3.63, 3.8) is 0 Å². The maximum absolute atomic E-state index is 11.8. The molecule has 0 N–H and O–H groups in total. The van der Waals surface area contributed by atoms with E-state index in [2.05, 4.69) is 4.90 Å². The van der Waals surface area contributed by atoms with Gasteiger partial charge in [0.15, 0.2) is 0 Å². The van der Waals surface area contributed by atoms with E-state index in [1.807, 2.05) is 31.2 Å². The minimum absolute atomic E-state index is 0. The van der Waals surface area contributed by atoms with Crippen molar-refractivity contribution in [2.24, 2.45) is 0 Å². The molecule has 3 rings (SSSR count). The summed E-state index contributed by atoms with van der Waals surface area (Å²) in [4.78, 5) is 14.1. The number of carbonyl (C=O) groups is 1. The monoisotopic (exact) mass is 327 g/mol. The van der Waals surface area contributed by atoms with E-state index in [1.165, 1.54) is 0 Å². The van der Waals surface area contributed by atoms with Gasteiger partial charge >= 0.3 is 5.97 Å². The second-order valence-corrected chi connectivity index (χ2v) is 5.33. The summed E-state index contributed by atoms with van der Waals surface area (Å²) in [7, 11) is 0. The molecule has 22 heavy (non-hydrogen) atoms. The fourth-order valence-electron chi connectivity index (χ4n) is 2.89. The van der Waals surface area contributed by atoms with Crippen LogP contribution in [-0.2, 0) is 14.3 Å². The number of hydrogen-bond donors (Lipinski definition) is 0. The Hall–Kier alpha value is -1.30. The number of halogens is 1. The third kappa shape index (κ3) is 3.54. The van der Waals surface area contributed by atoms with E-state index in [1.54, 1.807) is 0 Å². The van der Waals surface area contributed by atoms with Crippen LogP contribution in [0.15, 0.2) is 24.3 Å². The van der Waals surface area contributed by atoms with Crippen molar-refractivity contribution in [3.8, 4) is 5.75 Å². The van der Waals surface area contributed by atoms with Crippen molar-refractivity contribution < 1.29 is 19.0 Å². The van der Waals surface area contributed by atoms with Crippen LogP contribution in [0.4, 0.5) is 0 Å². The Balaban J connectivity index is 0.00000176. The molecule has 1 aromatic carbocycles. The number of nitrogens with zero attached hydrogens (tertiary/aromatic N) is 1. The normalized spacial score (nSPS) is 24.6. The lowest BCUT2D eigenvalue weighted by atomic mass is 9.97. The predicted molar refractivity (Wildman–Crippen MR) is 84.5 cm³/mol. The Morgan fingerprint density at radius 1 is 1.32 bits per heavy atom. The first kappa shape index (κ1) is 17.1. The minimum atomic E-state index is -0.263. The fraction of sp³-hybridized carbons (Fsp3) is 0.562. The maximum atomic E-state index is 11.8. The zero-order valence-electron chi connectivity index (χ0n) is 12.7. The van der Waals surface area contributed by atoms with E-state index in [4.69, 9.17) is 14.2 Å². The van der Waals surface area contributed by atoms with Gasteiger partial charge in [0, 0.05) is 25.1 Å². The molecule has 122 valence electrons. The molecule has 1 saturated heterocycles. The molecule has 0 saturated carbocycles. The highest BCUT2D eigenvalue weighted by molar-refractivity contribution is 5.85. The summed E-state index contributed by atoms with van der Waals surface area (Å²) in [6, 6.07) is 7.86. The first-order valence-corrected chi connectivity index (χ1v) is 7.52. The molecule has 2 atom stereocenters. The molecule has 1 fully saturated rings. The van der Waals surface area contributed by atoms with E-state index in [-0.39, 0.29) is 30.5 Å². The molecular weight excluding hydrogens is 306 g/mol. The van der Waals surface area contributed by atoms with E-state index in [0.29, 0.717) is 26.2 Å². The van der Waals surface area contributed by atoms with Crippen LogP contribution in [0.25, 0.3) is 0 Å². The molecule has 2 unspecified atom stereocenters. The Kier molecular flexibility index (Phi) is 6.06. The lowest BCUT2D eigenvalue weighted by Crippen LogP contribution is -2.51. The van der Waals surface area contributed by atoms with Gasteiger partial charge in [0.2, 0.25) is 0 Å². The molecule has 2 aliphatic heterocycles. The first-order valence-electron chi connectivity index (χ1n) is 7.52. The number of carbonyl (C=O) groups excluding carboxylic acids is 1. The lowest BCUT2D eigenvalue weighted by Gasteiger charge is -2.41. The Bertz CT molecular complexity index is 505. The molecule has 0 amide bonds. The standard InChI is InChI=1S/C16H21NO4.ClH/c1-2-15(18)21-16-12-5-3-4-6-14(12)20-11-13(16)17-7-9-19-10-8-17;/h3-6,13,16H,2,7-11H2,1H3;1H. The summed E-state index contributed by atoms with van der Waals surface area (Å²) in [6.07, 6.45) is 0.121. The third-order valence-corrected chi connectivity index (χ3v) is 4.05. The summed E-state index contributed by atoms with van der Waals surface area (Å²) in [5, 5.41) is 0. The number of benzene rings is 1. The average Bonchev–Trinajstić information content (AvgIpc) is 2.56. The van der Waals surface area contributed by atoms with Crippen molar-refractivity contribution >= 4 is 18.4 Å². The van der Waals surface area contributed by atoms with Gasteiger partial charge in [-0.1, -0.05) is 25.1 Å². The minimum Gasteiger partial charge on any atom is -0.491 e. The second-order valence-electron chi connectivity index (χ2n) is 5.33. The zero-order valence-corrected chi connectivity index (χ0v) is 13.5. The Labute approximate surface area is 136 Å². The van der Waals surface area contributed by atoms with Gasteiger partial charge in [-0.3, -0.25) is 9.69 Å². The van der Waals surface area contributed by atoms with Gasteiger partial charge in [0.1, 0.15) is 18.5 Å². The summed E-state index contributed by atoms with van der Waals surface area (Å²) >= 11 is 0. The van der Waals surface area contributed by atoms with E-state index >= 15 is 0 Å². The second kappa shape index (κ2) is 7.81. The van der Waals surface area contributed by atoms with Crippen molar-refractivity contribution in [3.05, 3.63) is 29.8 Å². The summed E-state index contributed by atoms with van der Waals surface area (Å²) in [5.41, 5.74) is 0.960. The van der Waals surface area contributed by atoms with E-state index < -0.39 is 0 Å². The number of rotatable bonds is 3. The molecule has 0 spiro atoms. The molecule has 0 aliphatic carbocycles. The molecule has 5 nitrogen and oxygen atoms in total. The van der Waals surface area contributed by atoms with Crippen molar-refractivity contribution in [2.75, 3.05) is 32.9 Å². The molecule has 1 aromatic rings. The van der Waals surface area contributed by atoms with Crippen LogP contribution >= 0.6 is 12.4 Å². The lowest BCUT2D eigenvalue weighted by molar-refractivity contribution is -0.156. The largest absolute Gasteiger partial charge is 0.491 e. The van der Waals surface area contributed by atoms with Crippen LogP contribution in [-0.4, -0.2) is 49.8 Å². The summed E-state index contributed by atoms with van der Waals surface area (Å²) < 4.78 is 17.0. The quantitative estimate of drug-likeness (QED) is 0.797. The summed E-state index contributed by atoms with van der Waals surface area (Å²) in [6.45, 7) is 5.47. The fourth-order valence-corrected chi connectivity index (χ4v) is 2.89. The van der Waals surface area contributed by atoms with Crippen LogP contribution in [0.1, 0.15) is 25.0 Å². The number of esters is 1. The van der Waals surface area contributed by atoms with Gasteiger partial charge < -0.3 is 14.2 Å². The van der Waals surface area contributed by atoms with Gasteiger partial charge in [0.25, 0.3) is 0 Å². The molecular formula is C16H22ClNO4. The Morgan fingerprint density at radius 3 is 2.77 bits per heavy atom. The molecule has 2 heterocycles. The van der Waals surface area contributed by atoms with Gasteiger partial charge in [-0.15, -0.1) is 12.4 Å². The van der Waals surface area contributed by atoms with Crippen LogP contribution in [0.2, 0.25) is 0 Å². The van der Waals surface area contributed by atoms with Gasteiger partial charge in [-0.2, -0.15) is 0 Å². The topological polar surface area (TPSA) is 48.0 Å². The maximum Gasteiger partial charge on any atom is 0.306 e. The van der Waals surface area contributed by atoms with Gasteiger partial charge in [0.05, 0.1) is 19.3 Å². The van der Waals surface area contributed by atoms with Crippen molar-refractivity contribution in [1.82, 2.24) is 4.90 Å². The highest BCUT2D eigenvalue weighted by Crippen LogP contribution is 2.37. The predicted octanol–water partition coefficient (Wildman–Crippen LogP) is 2.20. The number of ether oxygens (including phenoxy) is 3.